The number of rotatable bonds is 2. The topological polar surface area (TPSA) is 41.5 Å². The summed E-state index contributed by atoms with van der Waals surface area (Å²) in [5.41, 5.74) is 3.41. The maximum atomic E-state index is 13.2. The van der Waals surface area contributed by atoms with Crippen molar-refractivity contribution in [3.63, 3.8) is 0 Å². The predicted molar refractivity (Wildman–Crippen MR) is 44.2 cm³/mol. The van der Waals surface area contributed by atoms with E-state index in [9.17, 15) is 4.39 Å². The summed E-state index contributed by atoms with van der Waals surface area (Å²) >= 11 is 0. The van der Waals surface area contributed by atoms with Crippen LogP contribution < -0.4 is 10.2 Å². The van der Waals surface area contributed by atoms with E-state index in [0.717, 1.165) is 12.0 Å². The lowest BCUT2D eigenvalue weighted by Gasteiger charge is -2.04. The average Bonchev–Trinajstić information content (AvgIpc) is 2.52. The van der Waals surface area contributed by atoms with Crippen LogP contribution in [0.15, 0.2) is 12.1 Å². The van der Waals surface area contributed by atoms with Crippen LogP contribution in [0.5, 0.6) is 5.75 Å². The molecule has 2 N–H and O–H groups in total. The van der Waals surface area contributed by atoms with E-state index in [1.807, 2.05) is 5.48 Å². The first-order valence-electron chi connectivity index (χ1n) is 4.12. The summed E-state index contributed by atoms with van der Waals surface area (Å²) in [6.45, 7) is 0.740. The second kappa shape index (κ2) is 3.32. The predicted octanol–water partition coefficient (Wildman–Crippen LogP) is 1.24. The quantitative estimate of drug-likeness (QED) is 0.678. The summed E-state index contributed by atoms with van der Waals surface area (Å²) < 4.78 is 18.4. The van der Waals surface area contributed by atoms with E-state index in [0.29, 0.717) is 17.9 Å². The van der Waals surface area contributed by atoms with Gasteiger partial charge in [0.2, 0.25) is 0 Å². The first-order chi connectivity index (χ1) is 6.31. The standard InChI is InChI=1S/C9H10FNO2/c10-8-4-9-6(1-2-13-9)3-7(8)5-11-12/h3-4,11-12H,1-2,5H2. The first kappa shape index (κ1) is 8.47. The van der Waals surface area contributed by atoms with Crippen LogP contribution in [0, 0.1) is 5.82 Å². The van der Waals surface area contributed by atoms with Crippen molar-refractivity contribution < 1.29 is 14.3 Å². The van der Waals surface area contributed by atoms with E-state index < -0.39 is 0 Å². The van der Waals surface area contributed by atoms with Gasteiger partial charge in [0.1, 0.15) is 11.6 Å². The second-order valence-corrected chi connectivity index (χ2v) is 2.98. The first-order valence-corrected chi connectivity index (χ1v) is 4.12. The maximum Gasteiger partial charge on any atom is 0.131 e. The molecule has 0 aliphatic carbocycles. The molecule has 0 radical (unpaired) electrons. The fraction of sp³-hybridized carbons (Fsp3) is 0.333. The monoisotopic (exact) mass is 183 g/mol. The molecule has 0 saturated heterocycles. The van der Waals surface area contributed by atoms with Crippen LogP contribution in [-0.2, 0) is 13.0 Å². The molecule has 0 saturated carbocycles. The SMILES string of the molecule is ONCc1cc2c(cc1F)OCC2. The molecular weight excluding hydrogens is 173 g/mol. The zero-order chi connectivity index (χ0) is 9.26. The number of hydrogen-bond acceptors (Lipinski definition) is 3. The Hall–Kier alpha value is -1.13. The molecule has 0 unspecified atom stereocenters. The molecule has 1 aromatic carbocycles. The fourth-order valence-corrected chi connectivity index (χ4v) is 1.47. The minimum Gasteiger partial charge on any atom is -0.493 e. The lowest BCUT2D eigenvalue weighted by molar-refractivity contribution is 0.160. The molecule has 0 bridgehead atoms. The highest BCUT2D eigenvalue weighted by Gasteiger charge is 2.15. The van der Waals surface area contributed by atoms with Crippen LogP contribution in [0.4, 0.5) is 4.39 Å². The van der Waals surface area contributed by atoms with Gasteiger partial charge in [-0.25, -0.2) is 9.87 Å². The molecule has 0 atom stereocenters. The molecule has 1 aromatic rings. The molecule has 70 valence electrons. The zero-order valence-electron chi connectivity index (χ0n) is 7.01. The van der Waals surface area contributed by atoms with Gasteiger partial charge in [0.15, 0.2) is 0 Å². The van der Waals surface area contributed by atoms with Gasteiger partial charge in [0, 0.05) is 24.6 Å². The number of benzene rings is 1. The van der Waals surface area contributed by atoms with Crippen LogP contribution in [0.3, 0.4) is 0 Å². The van der Waals surface area contributed by atoms with E-state index in [-0.39, 0.29) is 12.4 Å². The molecule has 1 heterocycles. The Kier molecular flexibility index (Phi) is 2.16. The van der Waals surface area contributed by atoms with Crippen molar-refractivity contribution in [3.8, 4) is 5.75 Å². The van der Waals surface area contributed by atoms with Gasteiger partial charge in [-0.05, 0) is 11.6 Å². The van der Waals surface area contributed by atoms with E-state index in [1.54, 1.807) is 6.07 Å². The Labute approximate surface area is 75.1 Å². The van der Waals surface area contributed by atoms with E-state index in [1.165, 1.54) is 6.07 Å². The van der Waals surface area contributed by atoms with Crippen LogP contribution >= 0.6 is 0 Å². The lowest BCUT2D eigenvalue weighted by Crippen LogP contribution is -2.08. The van der Waals surface area contributed by atoms with E-state index in [2.05, 4.69) is 0 Å². The molecule has 0 amide bonds. The highest BCUT2D eigenvalue weighted by molar-refractivity contribution is 5.40. The minimum absolute atomic E-state index is 0.124. The van der Waals surface area contributed by atoms with Crippen molar-refractivity contribution in [2.24, 2.45) is 0 Å². The van der Waals surface area contributed by atoms with Gasteiger partial charge in [0.25, 0.3) is 0 Å². The van der Waals surface area contributed by atoms with Crippen LogP contribution in [0.25, 0.3) is 0 Å². The minimum atomic E-state index is -0.345. The van der Waals surface area contributed by atoms with Gasteiger partial charge in [0.05, 0.1) is 6.61 Å². The number of ether oxygens (including phenoxy) is 1. The summed E-state index contributed by atoms with van der Waals surface area (Å²) in [5, 5.41) is 8.44. The normalized spacial score (nSPS) is 14.0. The molecular formula is C9H10FNO2. The third-order valence-corrected chi connectivity index (χ3v) is 2.13. The molecule has 0 aromatic heterocycles. The van der Waals surface area contributed by atoms with Crippen LogP contribution in [0.1, 0.15) is 11.1 Å². The van der Waals surface area contributed by atoms with E-state index in [4.69, 9.17) is 9.94 Å². The van der Waals surface area contributed by atoms with Gasteiger partial charge < -0.3 is 9.94 Å². The Morgan fingerprint density at radius 2 is 2.38 bits per heavy atom. The van der Waals surface area contributed by atoms with Gasteiger partial charge >= 0.3 is 0 Å². The summed E-state index contributed by atoms with van der Waals surface area (Å²) in [5.74, 6) is 0.279. The highest BCUT2D eigenvalue weighted by atomic mass is 19.1. The third kappa shape index (κ3) is 1.50. The van der Waals surface area contributed by atoms with Crippen LogP contribution in [0.2, 0.25) is 0 Å². The third-order valence-electron chi connectivity index (χ3n) is 2.13. The molecule has 3 nitrogen and oxygen atoms in total. The molecule has 2 rings (SSSR count). The number of hydroxylamine groups is 1. The fourth-order valence-electron chi connectivity index (χ4n) is 1.47. The lowest BCUT2D eigenvalue weighted by atomic mass is 10.1. The van der Waals surface area contributed by atoms with Gasteiger partial charge in [-0.2, -0.15) is 0 Å². The number of fused-ring (bicyclic) bond motifs is 1. The average molecular weight is 183 g/mol. The molecule has 1 aliphatic rings. The van der Waals surface area contributed by atoms with Gasteiger partial charge in [-0.1, -0.05) is 0 Å². The molecule has 4 heteroatoms. The van der Waals surface area contributed by atoms with Crippen molar-refractivity contribution in [2.45, 2.75) is 13.0 Å². The molecule has 1 aliphatic heterocycles. The van der Waals surface area contributed by atoms with Crippen molar-refractivity contribution in [3.05, 3.63) is 29.1 Å². The second-order valence-electron chi connectivity index (χ2n) is 2.98. The Morgan fingerprint density at radius 3 is 3.15 bits per heavy atom. The molecule has 13 heavy (non-hydrogen) atoms. The zero-order valence-corrected chi connectivity index (χ0v) is 7.01. The number of hydrogen-bond donors (Lipinski definition) is 2. The van der Waals surface area contributed by atoms with Crippen molar-refractivity contribution in [2.75, 3.05) is 6.61 Å². The largest absolute Gasteiger partial charge is 0.493 e. The van der Waals surface area contributed by atoms with E-state index >= 15 is 0 Å². The highest BCUT2D eigenvalue weighted by Crippen LogP contribution is 2.27. The molecule has 0 fully saturated rings. The number of halogens is 1. The summed E-state index contributed by atoms with van der Waals surface area (Å²) in [4.78, 5) is 0. The van der Waals surface area contributed by atoms with Gasteiger partial charge in [-0.3, -0.25) is 0 Å². The van der Waals surface area contributed by atoms with Crippen molar-refractivity contribution >= 4 is 0 Å². The molecule has 0 spiro atoms. The Morgan fingerprint density at radius 1 is 1.54 bits per heavy atom. The summed E-state index contributed by atoms with van der Waals surface area (Å²) in [6.07, 6.45) is 0.814. The van der Waals surface area contributed by atoms with Crippen molar-refractivity contribution in [1.82, 2.24) is 5.48 Å². The van der Waals surface area contributed by atoms with Gasteiger partial charge in [-0.15, -0.1) is 0 Å². The maximum absolute atomic E-state index is 13.2. The Balaban J connectivity index is 2.37. The smallest absolute Gasteiger partial charge is 0.131 e. The number of nitrogens with one attached hydrogen (secondary N) is 1. The summed E-state index contributed by atoms with van der Waals surface area (Å²) in [7, 11) is 0. The van der Waals surface area contributed by atoms with Crippen molar-refractivity contribution in [1.29, 1.82) is 0 Å². The Bertz CT molecular complexity index is 328. The van der Waals surface area contributed by atoms with Crippen LogP contribution in [-0.4, -0.2) is 11.8 Å². The summed E-state index contributed by atoms with van der Waals surface area (Å²) in [6, 6.07) is 3.09.